The monoisotopic (exact) mass is 296 g/mol. The molecule has 2 aromatic rings. The van der Waals surface area contributed by atoms with E-state index in [1.165, 1.54) is 12.6 Å². The summed E-state index contributed by atoms with van der Waals surface area (Å²) in [7, 11) is 0. The molecule has 3 heteroatoms. The van der Waals surface area contributed by atoms with Gasteiger partial charge in [-0.05, 0) is 35.8 Å². The first-order valence-electron chi connectivity index (χ1n) is 8.04. The molecule has 1 N–H and O–H groups in total. The normalized spacial score (nSPS) is 22.6. The Kier molecular flexibility index (Phi) is 4.44. The van der Waals surface area contributed by atoms with Crippen molar-refractivity contribution in [2.45, 2.75) is 20.3 Å². The van der Waals surface area contributed by atoms with Crippen molar-refractivity contribution in [2.24, 2.45) is 11.8 Å². The molecule has 0 saturated carbocycles. The summed E-state index contributed by atoms with van der Waals surface area (Å²) in [5, 5.41) is 9.69. The maximum absolute atomic E-state index is 7.53. The van der Waals surface area contributed by atoms with Crippen LogP contribution in [0.4, 0.5) is 0 Å². The molecule has 2 atom stereocenters. The SMILES string of the molecule is CC1CC(C)CN(COc2ccc(C=N)c3ccccc23)C1. The Morgan fingerprint density at radius 1 is 1.09 bits per heavy atom. The summed E-state index contributed by atoms with van der Waals surface area (Å²) in [4.78, 5) is 2.40. The van der Waals surface area contributed by atoms with Crippen molar-refractivity contribution in [1.82, 2.24) is 4.90 Å². The fourth-order valence-corrected chi connectivity index (χ4v) is 3.60. The third-order valence-corrected chi connectivity index (χ3v) is 4.42. The van der Waals surface area contributed by atoms with E-state index in [2.05, 4.69) is 24.8 Å². The van der Waals surface area contributed by atoms with Crippen LogP contribution in [0.2, 0.25) is 0 Å². The van der Waals surface area contributed by atoms with E-state index in [0.717, 1.165) is 47.0 Å². The van der Waals surface area contributed by atoms with Crippen LogP contribution in [0.3, 0.4) is 0 Å². The second-order valence-corrected chi connectivity index (χ2v) is 6.60. The molecule has 22 heavy (non-hydrogen) atoms. The van der Waals surface area contributed by atoms with Crippen molar-refractivity contribution in [3.8, 4) is 5.75 Å². The van der Waals surface area contributed by atoms with E-state index in [1.54, 1.807) is 0 Å². The van der Waals surface area contributed by atoms with Gasteiger partial charge >= 0.3 is 0 Å². The van der Waals surface area contributed by atoms with E-state index in [0.29, 0.717) is 6.73 Å². The van der Waals surface area contributed by atoms with Crippen LogP contribution in [0.5, 0.6) is 5.75 Å². The molecule has 116 valence electrons. The predicted octanol–water partition coefficient (Wildman–Crippen LogP) is 4.15. The highest BCUT2D eigenvalue weighted by molar-refractivity contribution is 6.01. The second-order valence-electron chi connectivity index (χ2n) is 6.60. The molecule has 3 rings (SSSR count). The fraction of sp³-hybridized carbons (Fsp3) is 0.421. The zero-order chi connectivity index (χ0) is 15.5. The van der Waals surface area contributed by atoms with Crippen LogP contribution in [0, 0.1) is 17.2 Å². The number of rotatable bonds is 4. The van der Waals surface area contributed by atoms with Gasteiger partial charge in [-0.1, -0.05) is 38.1 Å². The Labute approximate surface area is 132 Å². The number of hydrogen-bond donors (Lipinski definition) is 1. The van der Waals surface area contributed by atoms with Crippen LogP contribution in [-0.4, -0.2) is 30.9 Å². The van der Waals surface area contributed by atoms with Gasteiger partial charge in [0.15, 0.2) is 0 Å². The number of nitrogens with zero attached hydrogens (tertiary/aromatic N) is 1. The third-order valence-electron chi connectivity index (χ3n) is 4.42. The zero-order valence-electron chi connectivity index (χ0n) is 13.4. The summed E-state index contributed by atoms with van der Waals surface area (Å²) in [6, 6.07) is 12.1. The molecule has 2 aromatic carbocycles. The summed E-state index contributed by atoms with van der Waals surface area (Å²) in [5.41, 5.74) is 0.933. The van der Waals surface area contributed by atoms with E-state index in [-0.39, 0.29) is 0 Å². The molecule has 1 fully saturated rings. The van der Waals surface area contributed by atoms with Gasteiger partial charge in [0.1, 0.15) is 12.5 Å². The predicted molar refractivity (Wildman–Crippen MR) is 91.8 cm³/mol. The lowest BCUT2D eigenvalue weighted by Gasteiger charge is -2.34. The number of fused-ring (bicyclic) bond motifs is 1. The Morgan fingerprint density at radius 2 is 1.77 bits per heavy atom. The van der Waals surface area contributed by atoms with Crippen LogP contribution >= 0.6 is 0 Å². The minimum atomic E-state index is 0.641. The van der Waals surface area contributed by atoms with Crippen molar-refractivity contribution >= 4 is 17.0 Å². The molecule has 0 spiro atoms. The molecule has 1 aliphatic rings. The highest BCUT2D eigenvalue weighted by Crippen LogP contribution is 2.28. The standard InChI is InChI=1S/C19H24N2O/c1-14-9-15(2)12-21(11-14)13-22-19-8-7-16(10-20)17-5-3-4-6-18(17)19/h3-8,10,14-15,20H,9,11-13H2,1-2H3. The summed E-state index contributed by atoms with van der Waals surface area (Å²) < 4.78 is 6.11. The molecular formula is C19H24N2O. The number of likely N-dealkylation sites (tertiary alicyclic amines) is 1. The van der Waals surface area contributed by atoms with Gasteiger partial charge in [0.25, 0.3) is 0 Å². The average Bonchev–Trinajstić information content (AvgIpc) is 2.51. The van der Waals surface area contributed by atoms with Gasteiger partial charge in [0, 0.05) is 30.3 Å². The second kappa shape index (κ2) is 6.49. The van der Waals surface area contributed by atoms with E-state index in [4.69, 9.17) is 10.1 Å². The molecular weight excluding hydrogens is 272 g/mol. The molecule has 0 amide bonds. The van der Waals surface area contributed by atoms with Gasteiger partial charge < -0.3 is 10.1 Å². The molecule has 1 aliphatic heterocycles. The summed E-state index contributed by atoms with van der Waals surface area (Å²) in [5.74, 6) is 2.39. The van der Waals surface area contributed by atoms with Crippen LogP contribution < -0.4 is 4.74 Å². The van der Waals surface area contributed by atoms with Gasteiger partial charge in [0.2, 0.25) is 0 Å². The lowest BCUT2D eigenvalue weighted by molar-refractivity contribution is 0.0630. The fourth-order valence-electron chi connectivity index (χ4n) is 3.60. The van der Waals surface area contributed by atoms with Crippen molar-refractivity contribution in [2.75, 3.05) is 19.8 Å². The first-order valence-corrected chi connectivity index (χ1v) is 8.04. The molecule has 2 unspecified atom stereocenters. The lowest BCUT2D eigenvalue weighted by atomic mass is 9.92. The molecule has 0 radical (unpaired) electrons. The molecule has 0 aliphatic carbocycles. The number of piperidine rings is 1. The number of ether oxygens (including phenoxy) is 1. The van der Waals surface area contributed by atoms with Gasteiger partial charge in [-0.3, -0.25) is 4.90 Å². The molecule has 0 bridgehead atoms. The van der Waals surface area contributed by atoms with E-state index in [9.17, 15) is 0 Å². The maximum Gasteiger partial charge on any atom is 0.142 e. The highest BCUT2D eigenvalue weighted by atomic mass is 16.5. The Balaban J connectivity index is 1.78. The van der Waals surface area contributed by atoms with E-state index in [1.807, 2.05) is 30.3 Å². The van der Waals surface area contributed by atoms with Crippen LogP contribution in [0.1, 0.15) is 25.8 Å². The maximum atomic E-state index is 7.53. The Hall–Kier alpha value is -1.87. The number of benzene rings is 2. The quantitative estimate of drug-likeness (QED) is 0.860. The van der Waals surface area contributed by atoms with Crippen LogP contribution in [-0.2, 0) is 0 Å². The van der Waals surface area contributed by atoms with Gasteiger partial charge in [0.05, 0.1) is 0 Å². The van der Waals surface area contributed by atoms with Crippen molar-refractivity contribution in [3.63, 3.8) is 0 Å². The Morgan fingerprint density at radius 3 is 2.45 bits per heavy atom. The van der Waals surface area contributed by atoms with Gasteiger partial charge in [-0.2, -0.15) is 0 Å². The first kappa shape index (κ1) is 15.0. The van der Waals surface area contributed by atoms with Crippen LogP contribution in [0.25, 0.3) is 10.8 Å². The average molecular weight is 296 g/mol. The minimum Gasteiger partial charge on any atom is -0.477 e. The topological polar surface area (TPSA) is 36.3 Å². The molecule has 1 saturated heterocycles. The Bertz CT molecular complexity index is 658. The summed E-state index contributed by atoms with van der Waals surface area (Å²) >= 11 is 0. The minimum absolute atomic E-state index is 0.641. The van der Waals surface area contributed by atoms with Gasteiger partial charge in [-0.25, -0.2) is 0 Å². The molecule has 3 nitrogen and oxygen atoms in total. The van der Waals surface area contributed by atoms with E-state index < -0.39 is 0 Å². The highest BCUT2D eigenvalue weighted by Gasteiger charge is 2.22. The first-order chi connectivity index (χ1) is 10.7. The third kappa shape index (κ3) is 3.14. The summed E-state index contributed by atoms with van der Waals surface area (Å²) in [6.07, 6.45) is 2.72. The van der Waals surface area contributed by atoms with Crippen molar-refractivity contribution in [3.05, 3.63) is 42.0 Å². The zero-order valence-corrected chi connectivity index (χ0v) is 13.4. The van der Waals surface area contributed by atoms with E-state index >= 15 is 0 Å². The van der Waals surface area contributed by atoms with Gasteiger partial charge in [-0.15, -0.1) is 0 Å². The van der Waals surface area contributed by atoms with Crippen molar-refractivity contribution < 1.29 is 4.74 Å². The summed E-state index contributed by atoms with van der Waals surface area (Å²) in [6.45, 7) is 7.50. The smallest absolute Gasteiger partial charge is 0.142 e. The largest absolute Gasteiger partial charge is 0.477 e. The molecule has 0 aromatic heterocycles. The number of hydrogen-bond acceptors (Lipinski definition) is 3. The van der Waals surface area contributed by atoms with Crippen LogP contribution in [0.15, 0.2) is 36.4 Å². The van der Waals surface area contributed by atoms with Crippen molar-refractivity contribution in [1.29, 1.82) is 5.41 Å². The molecule has 1 heterocycles. The number of nitrogens with one attached hydrogen (secondary N) is 1. The lowest BCUT2D eigenvalue weighted by Crippen LogP contribution is -2.40.